The van der Waals surface area contributed by atoms with E-state index in [0.717, 1.165) is 37.7 Å². The molecule has 0 radical (unpaired) electrons. The minimum absolute atomic E-state index is 0.0334. The lowest BCUT2D eigenvalue weighted by molar-refractivity contribution is -0.140. The van der Waals surface area contributed by atoms with Crippen LogP contribution in [0, 0.1) is 35.0 Å². The molecule has 39 heavy (non-hydrogen) atoms. The number of aliphatic hydroxyl groups is 3. The minimum atomic E-state index is -0.764. The Kier molecular flexibility index (Phi) is 9.99. The van der Waals surface area contributed by atoms with Crippen LogP contribution in [-0.4, -0.2) is 46.2 Å². The van der Waals surface area contributed by atoms with Gasteiger partial charge >= 0.3 is 5.97 Å². The Labute approximate surface area is 236 Å². The van der Waals surface area contributed by atoms with Crippen LogP contribution in [-0.2, 0) is 9.53 Å². The maximum Gasteiger partial charge on any atom is 0.334 e. The number of carbonyl (C=O) groups is 1. The number of rotatable bonds is 10. The van der Waals surface area contributed by atoms with Crippen LogP contribution in [0.2, 0.25) is 0 Å². The summed E-state index contributed by atoms with van der Waals surface area (Å²) in [5, 5.41) is 30.7. The molecular weight excluding hydrogens is 488 g/mol. The largest absolute Gasteiger partial charge is 0.458 e. The molecule has 0 bridgehead atoms. The Morgan fingerprint density at radius 2 is 1.90 bits per heavy atom. The highest BCUT2D eigenvalue weighted by Crippen LogP contribution is 2.60. The third kappa shape index (κ3) is 6.16. The number of hydrogen-bond acceptors (Lipinski definition) is 5. The molecule has 3 N–H and O–H groups in total. The zero-order chi connectivity index (χ0) is 28.3. The van der Waals surface area contributed by atoms with Gasteiger partial charge in [-0.15, -0.1) is 0 Å². The molecule has 0 aromatic heterocycles. The molecule has 218 valence electrons. The number of aliphatic hydroxyl groups excluding tert-OH is 3. The third-order valence-electron chi connectivity index (χ3n) is 10.9. The van der Waals surface area contributed by atoms with E-state index in [1.807, 2.05) is 0 Å². The Bertz CT molecular complexity index is 978. The van der Waals surface area contributed by atoms with Crippen molar-refractivity contribution in [1.82, 2.24) is 0 Å². The summed E-state index contributed by atoms with van der Waals surface area (Å²) in [6.07, 6.45) is 14.7. The van der Waals surface area contributed by atoms with Gasteiger partial charge in [-0.3, -0.25) is 0 Å². The van der Waals surface area contributed by atoms with Crippen LogP contribution in [0.4, 0.5) is 0 Å². The molecule has 0 aromatic rings. The summed E-state index contributed by atoms with van der Waals surface area (Å²) < 4.78 is 5.85. The van der Waals surface area contributed by atoms with Crippen molar-refractivity contribution in [1.29, 1.82) is 0 Å². The van der Waals surface area contributed by atoms with Gasteiger partial charge in [0.05, 0.1) is 12.2 Å². The van der Waals surface area contributed by atoms with Crippen molar-refractivity contribution in [3.05, 3.63) is 47.6 Å². The fraction of sp³-hybridized carbons (Fsp3) is 0.735. The minimum Gasteiger partial charge on any atom is -0.458 e. The van der Waals surface area contributed by atoms with Crippen LogP contribution in [0.15, 0.2) is 47.6 Å². The normalized spacial score (nSPS) is 39.8. The molecular formula is C34H52O5. The van der Waals surface area contributed by atoms with Gasteiger partial charge < -0.3 is 20.1 Å². The topological polar surface area (TPSA) is 87.0 Å². The van der Waals surface area contributed by atoms with Gasteiger partial charge in [-0.1, -0.05) is 64.5 Å². The maximum absolute atomic E-state index is 12.3. The molecule has 0 unspecified atom stereocenters. The number of cyclic esters (lactones) is 1. The van der Waals surface area contributed by atoms with Crippen molar-refractivity contribution < 1.29 is 24.9 Å². The molecule has 1 aliphatic heterocycles. The van der Waals surface area contributed by atoms with Crippen LogP contribution < -0.4 is 0 Å². The van der Waals surface area contributed by atoms with E-state index >= 15 is 0 Å². The second-order valence-corrected chi connectivity index (χ2v) is 13.2. The summed E-state index contributed by atoms with van der Waals surface area (Å²) in [6.45, 7) is 15.3. The molecule has 4 fully saturated rings. The first-order valence-electron chi connectivity index (χ1n) is 15.6. The average molecular weight is 541 g/mol. The van der Waals surface area contributed by atoms with Crippen LogP contribution in [0.25, 0.3) is 0 Å². The molecule has 1 heterocycles. The molecule has 3 aliphatic carbocycles. The van der Waals surface area contributed by atoms with E-state index in [9.17, 15) is 20.1 Å². The highest BCUT2D eigenvalue weighted by atomic mass is 16.6. The quantitative estimate of drug-likeness (QED) is 0.219. The van der Waals surface area contributed by atoms with Crippen LogP contribution in [0.5, 0.6) is 0 Å². The molecule has 4 rings (SSSR count). The van der Waals surface area contributed by atoms with Crippen molar-refractivity contribution in [2.75, 3.05) is 6.61 Å². The van der Waals surface area contributed by atoms with Gasteiger partial charge in [0.25, 0.3) is 0 Å². The predicted octanol–water partition coefficient (Wildman–Crippen LogP) is 6.44. The first-order valence-corrected chi connectivity index (χ1v) is 15.6. The van der Waals surface area contributed by atoms with Gasteiger partial charge in [-0.05, 0) is 98.5 Å². The zero-order valence-electron chi connectivity index (χ0n) is 24.5. The molecule has 9 atom stereocenters. The maximum atomic E-state index is 12.3. The molecule has 0 spiro atoms. The zero-order valence-corrected chi connectivity index (χ0v) is 24.5. The summed E-state index contributed by atoms with van der Waals surface area (Å²) in [5.74, 6) is 1.32. The smallest absolute Gasteiger partial charge is 0.334 e. The number of esters is 1. The number of ether oxygens (including phenoxy) is 1. The van der Waals surface area contributed by atoms with Crippen molar-refractivity contribution in [2.45, 2.75) is 116 Å². The Morgan fingerprint density at radius 3 is 2.62 bits per heavy atom. The standard InChI is InChI=1S/C34H52O5/c1-6-7-11-26-23(4)33(38)39-31(26)19-21(2)28-15-16-29-24(10-8-17-34(28,29)5)13-14-25-20-30(36)27(12-9-18-35)32(37)22(25)3/h13-14,21,26-32,35-37H,3-4,6-12,15-20H2,1-2,5H3/t21-,26-,27+,28-,29+,30-,31-,32-,34-/m1/s1. The van der Waals surface area contributed by atoms with Gasteiger partial charge in [0, 0.05) is 24.0 Å². The monoisotopic (exact) mass is 540 g/mol. The van der Waals surface area contributed by atoms with E-state index in [0.29, 0.717) is 48.2 Å². The number of unbranched alkanes of at least 4 members (excludes halogenated alkanes) is 1. The second kappa shape index (κ2) is 12.9. The van der Waals surface area contributed by atoms with E-state index in [1.165, 1.54) is 31.3 Å². The fourth-order valence-corrected chi connectivity index (χ4v) is 8.64. The van der Waals surface area contributed by atoms with Crippen LogP contribution in [0.1, 0.15) is 97.8 Å². The van der Waals surface area contributed by atoms with Crippen molar-refractivity contribution in [3.63, 3.8) is 0 Å². The predicted molar refractivity (Wildman–Crippen MR) is 156 cm³/mol. The molecule has 1 saturated heterocycles. The number of carbonyl (C=O) groups excluding carboxylic acids is 1. The average Bonchev–Trinajstić information content (AvgIpc) is 3.39. The molecule has 0 aromatic carbocycles. The Morgan fingerprint density at radius 1 is 1.13 bits per heavy atom. The van der Waals surface area contributed by atoms with E-state index < -0.39 is 12.2 Å². The highest BCUT2D eigenvalue weighted by molar-refractivity contribution is 5.90. The van der Waals surface area contributed by atoms with Gasteiger partial charge in [-0.25, -0.2) is 4.79 Å². The highest BCUT2D eigenvalue weighted by Gasteiger charge is 2.51. The number of allylic oxidation sites excluding steroid dienone is 3. The lowest BCUT2D eigenvalue weighted by atomic mass is 9.60. The Hall–Kier alpha value is -1.69. The summed E-state index contributed by atoms with van der Waals surface area (Å²) in [7, 11) is 0. The van der Waals surface area contributed by atoms with Crippen molar-refractivity contribution >= 4 is 5.97 Å². The van der Waals surface area contributed by atoms with E-state index in [1.54, 1.807) is 0 Å². The molecule has 5 heteroatoms. The molecule has 3 saturated carbocycles. The summed E-state index contributed by atoms with van der Waals surface area (Å²) in [4.78, 5) is 12.3. The van der Waals surface area contributed by atoms with Crippen molar-refractivity contribution in [2.24, 2.45) is 35.0 Å². The van der Waals surface area contributed by atoms with Gasteiger partial charge in [0.2, 0.25) is 0 Å². The summed E-state index contributed by atoms with van der Waals surface area (Å²) in [5.41, 5.74) is 4.05. The molecule has 4 aliphatic rings. The van der Waals surface area contributed by atoms with Gasteiger partial charge in [0.15, 0.2) is 0 Å². The first kappa shape index (κ1) is 30.3. The lowest BCUT2D eigenvalue weighted by Crippen LogP contribution is -2.38. The SMILES string of the molecule is C=C1C(=CC=C2CCC[C@]3(C)[C@@H]([C@H](C)C[C@H]4OC(=O)C(=C)[C@H]4CCCC)CC[C@@H]23)C[C@@H](O)[C@H](CCCO)[C@@H]1O. The van der Waals surface area contributed by atoms with Crippen LogP contribution >= 0.6 is 0 Å². The summed E-state index contributed by atoms with van der Waals surface area (Å²) >= 11 is 0. The number of hydrogen-bond donors (Lipinski definition) is 3. The van der Waals surface area contributed by atoms with Crippen molar-refractivity contribution in [3.8, 4) is 0 Å². The number of fused-ring (bicyclic) bond motifs is 1. The fourth-order valence-electron chi connectivity index (χ4n) is 8.64. The van der Waals surface area contributed by atoms with Crippen LogP contribution in [0.3, 0.4) is 0 Å². The molecule has 0 amide bonds. The van der Waals surface area contributed by atoms with Gasteiger partial charge in [-0.2, -0.15) is 0 Å². The second-order valence-electron chi connectivity index (χ2n) is 13.2. The van der Waals surface area contributed by atoms with E-state index in [-0.39, 0.29) is 35.9 Å². The van der Waals surface area contributed by atoms with E-state index in [4.69, 9.17) is 4.74 Å². The molecule has 5 nitrogen and oxygen atoms in total. The van der Waals surface area contributed by atoms with E-state index in [2.05, 4.69) is 46.1 Å². The first-order chi connectivity index (χ1) is 18.6. The Balaban J connectivity index is 1.45. The summed E-state index contributed by atoms with van der Waals surface area (Å²) in [6, 6.07) is 0. The third-order valence-corrected chi connectivity index (χ3v) is 10.9. The van der Waals surface area contributed by atoms with Gasteiger partial charge in [0.1, 0.15) is 6.10 Å². The lowest BCUT2D eigenvalue weighted by Gasteiger charge is -2.45.